The van der Waals surface area contributed by atoms with E-state index in [9.17, 15) is 0 Å². The summed E-state index contributed by atoms with van der Waals surface area (Å²) in [6.45, 7) is 3.88. The van der Waals surface area contributed by atoms with E-state index in [1.165, 1.54) is 11.3 Å². The van der Waals surface area contributed by atoms with Crippen LogP contribution in [-0.2, 0) is 0 Å². The molecule has 6 nitrogen and oxygen atoms in total. The average Bonchev–Trinajstić information content (AvgIpc) is 3.13. The highest BCUT2D eigenvalue weighted by Crippen LogP contribution is 2.24. The molecule has 0 radical (unpaired) electrons. The van der Waals surface area contributed by atoms with Gasteiger partial charge in [0.1, 0.15) is 10.8 Å². The molecule has 4 rings (SSSR count). The first-order valence-corrected chi connectivity index (χ1v) is 8.01. The molecule has 1 aromatic carbocycles. The minimum Gasteiger partial charge on any atom is -0.315 e. The maximum absolute atomic E-state index is 4.69. The molecule has 0 bridgehead atoms. The third kappa shape index (κ3) is 2.66. The van der Waals surface area contributed by atoms with Crippen molar-refractivity contribution in [1.82, 2.24) is 25.0 Å². The third-order valence-electron chi connectivity index (χ3n) is 3.39. The Hall–Kier alpha value is -2.80. The molecule has 4 aromatic rings. The molecule has 0 spiro atoms. The van der Waals surface area contributed by atoms with Crippen LogP contribution < -0.4 is 5.32 Å². The van der Waals surface area contributed by atoms with Crippen LogP contribution >= 0.6 is 11.3 Å². The van der Waals surface area contributed by atoms with Gasteiger partial charge in [0.05, 0.1) is 11.2 Å². The Kier molecular flexibility index (Phi) is 3.27. The lowest BCUT2D eigenvalue weighted by atomic mass is 10.2. The quantitative estimate of drug-likeness (QED) is 0.624. The van der Waals surface area contributed by atoms with Gasteiger partial charge in [-0.15, -0.1) is 10.2 Å². The molecule has 3 heterocycles. The monoisotopic (exact) mass is 322 g/mol. The summed E-state index contributed by atoms with van der Waals surface area (Å²) in [7, 11) is 0. The van der Waals surface area contributed by atoms with Gasteiger partial charge in [0.15, 0.2) is 5.82 Å². The second-order valence-electron chi connectivity index (χ2n) is 5.20. The van der Waals surface area contributed by atoms with E-state index in [0.717, 1.165) is 38.4 Å². The number of hydrogen-bond acceptors (Lipinski definition) is 6. The van der Waals surface area contributed by atoms with E-state index in [-0.39, 0.29) is 0 Å². The molecular formula is C16H14N6S. The Morgan fingerprint density at radius 1 is 1.04 bits per heavy atom. The fourth-order valence-corrected chi connectivity index (χ4v) is 2.99. The van der Waals surface area contributed by atoms with Crippen LogP contribution in [0.3, 0.4) is 0 Å². The van der Waals surface area contributed by atoms with Crippen LogP contribution in [0.25, 0.3) is 16.7 Å². The number of nitrogens with zero attached hydrogens (tertiary/aromatic N) is 5. The number of hydrogen-bond donors (Lipinski definition) is 1. The summed E-state index contributed by atoms with van der Waals surface area (Å²) in [5.74, 6) is 1.59. The van der Waals surface area contributed by atoms with Crippen molar-refractivity contribution in [3.63, 3.8) is 0 Å². The zero-order valence-corrected chi connectivity index (χ0v) is 13.5. The number of para-hydroxylation sites is 1. The number of aryl methyl sites for hydroxylation is 2. The molecule has 0 fully saturated rings. The standard InChI is InChI=1S/C16H14N6S/c1-10-9-15(18-16-20-19-11(2)23-16)22(21-10)14-8-7-12-5-3-4-6-13(12)17-14/h3-9H,1-2H3,(H,18,20). The smallest absolute Gasteiger partial charge is 0.211 e. The summed E-state index contributed by atoms with van der Waals surface area (Å²) < 4.78 is 1.79. The van der Waals surface area contributed by atoms with Crippen molar-refractivity contribution in [3.8, 4) is 5.82 Å². The average molecular weight is 322 g/mol. The summed E-state index contributed by atoms with van der Waals surface area (Å²) in [5, 5.41) is 18.7. The van der Waals surface area contributed by atoms with E-state index in [0.29, 0.717) is 0 Å². The summed E-state index contributed by atoms with van der Waals surface area (Å²) in [6.07, 6.45) is 0. The molecule has 0 aliphatic carbocycles. The van der Waals surface area contributed by atoms with Crippen LogP contribution in [-0.4, -0.2) is 25.0 Å². The van der Waals surface area contributed by atoms with E-state index in [4.69, 9.17) is 4.98 Å². The Balaban J connectivity index is 1.78. The van der Waals surface area contributed by atoms with E-state index in [1.807, 2.05) is 56.3 Å². The number of benzene rings is 1. The second kappa shape index (κ2) is 5.44. The maximum Gasteiger partial charge on any atom is 0.211 e. The third-order valence-corrected chi connectivity index (χ3v) is 4.15. The molecule has 0 unspecified atom stereocenters. The van der Waals surface area contributed by atoms with E-state index < -0.39 is 0 Å². The van der Waals surface area contributed by atoms with Crippen molar-refractivity contribution in [2.24, 2.45) is 0 Å². The Bertz CT molecular complexity index is 987. The van der Waals surface area contributed by atoms with Gasteiger partial charge in [0.25, 0.3) is 0 Å². The molecule has 7 heteroatoms. The maximum atomic E-state index is 4.69. The van der Waals surface area contributed by atoms with Crippen LogP contribution in [0.15, 0.2) is 42.5 Å². The number of aromatic nitrogens is 5. The zero-order valence-electron chi connectivity index (χ0n) is 12.7. The Labute approximate surface area is 136 Å². The number of fused-ring (bicyclic) bond motifs is 1. The lowest BCUT2D eigenvalue weighted by Crippen LogP contribution is -2.04. The van der Waals surface area contributed by atoms with Crippen molar-refractivity contribution in [1.29, 1.82) is 0 Å². The van der Waals surface area contributed by atoms with Crippen molar-refractivity contribution < 1.29 is 0 Å². The van der Waals surface area contributed by atoms with Gasteiger partial charge in [-0.1, -0.05) is 29.5 Å². The molecule has 23 heavy (non-hydrogen) atoms. The Morgan fingerprint density at radius 2 is 1.91 bits per heavy atom. The number of rotatable bonds is 3. The predicted molar refractivity (Wildman–Crippen MR) is 91.5 cm³/mol. The fraction of sp³-hybridized carbons (Fsp3) is 0.125. The SMILES string of the molecule is Cc1cc(Nc2nnc(C)s2)n(-c2ccc3ccccc3n2)n1. The summed E-state index contributed by atoms with van der Waals surface area (Å²) in [4.78, 5) is 4.69. The molecular weight excluding hydrogens is 308 g/mol. The van der Waals surface area contributed by atoms with Crippen LogP contribution in [0, 0.1) is 13.8 Å². The van der Waals surface area contributed by atoms with Gasteiger partial charge in [-0.05, 0) is 32.0 Å². The first kappa shape index (κ1) is 13.8. The lowest BCUT2D eigenvalue weighted by molar-refractivity contribution is 0.843. The van der Waals surface area contributed by atoms with Gasteiger partial charge < -0.3 is 5.32 Å². The lowest BCUT2D eigenvalue weighted by Gasteiger charge is -2.07. The van der Waals surface area contributed by atoms with Gasteiger partial charge in [0.2, 0.25) is 5.13 Å². The molecule has 0 saturated heterocycles. The predicted octanol–water partition coefficient (Wildman–Crippen LogP) is 3.63. The summed E-state index contributed by atoms with van der Waals surface area (Å²) in [6, 6.07) is 14.0. The molecule has 114 valence electrons. The van der Waals surface area contributed by atoms with Crippen LogP contribution in [0.1, 0.15) is 10.7 Å². The second-order valence-corrected chi connectivity index (χ2v) is 6.38. The Morgan fingerprint density at radius 3 is 2.74 bits per heavy atom. The molecule has 0 aliphatic heterocycles. The van der Waals surface area contributed by atoms with Gasteiger partial charge in [-0.2, -0.15) is 9.78 Å². The van der Waals surface area contributed by atoms with Crippen molar-refractivity contribution >= 4 is 33.2 Å². The van der Waals surface area contributed by atoms with E-state index in [1.54, 1.807) is 4.68 Å². The zero-order chi connectivity index (χ0) is 15.8. The molecule has 0 aliphatic rings. The molecule has 0 atom stereocenters. The van der Waals surface area contributed by atoms with Crippen LogP contribution in [0.2, 0.25) is 0 Å². The minimum atomic E-state index is 0.740. The molecule has 0 saturated carbocycles. The largest absolute Gasteiger partial charge is 0.315 e. The van der Waals surface area contributed by atoms with Crippen LogP contribution in [0.5, 0.6) is 0 Å². The number of nitrogens with one attached hydrogen (secondary N) is 1. The minimum absolute atomic E-state index is 0.740. The topological polar surface area (TPSA) is 68.5 Å². The van der Waals surface area contributed by atoms with E-state index in [2.05, 4.69) is 20.6 Å². The molecule has 3 aromatic heterocycles. The van der Waals surface area contributed by atoms with Gasteiger partial charge in [0, 0.05) is 11.5 Å². The molecule has 1 N–H and O–H groups in total. The highest BCUT2D eigenvalue weighted by atomic mass is 32.1. The summed E-state index contributed by atoms with van der Waals surface area (Å²) >= 11 is 1.50. The molecule has 0 amide bonds. The van der Waals surface area contributed by atoms with Gasteiger partial charge in [-0.25, -0.2) is 4.98 Å². The van der Waals surface area contributed by atoms with Crippen molar-refractivity contribution in [2.75, 3.05) is 5.32 Å². The highest BCUT2D eigenvalue weighted by molar-refractivity contribution is 7.15. The fourth-order valence-electron chi connectivity index (χ4n) is 2.39. The van der Waals surface area contributed by atoms with Crippen LogP contribution in [0.4, 0.5) is 10.9 Å². The van der Waals surface area contributed by atoms with Gasteiger partial charge in [-0.3, -0.25) is 0 Å². The highest BCUT2D eigenvalue weighted by Gasteiger charge is 2.11. The number of pyridine rings is 1. The first-order valence-electron chi connectivity index (χ1n) is 7.19. The summed E-state index contributed by atoms with van der Waals surface area (Å²) in [5.41, 5.74) is 1.85. The van der Waals surface area contributed by atoms with Gasteiger partial charge >= 0.3 is 0 Å². The normalized spacial score (nSPS) is 11.0. The van der Waals surface area contributed by atoms with E-state index >= 15 is 0 Å². The van der Waals surface area contributed by atoms with Crippen molar-refractivity contribution in [3.05, 3.63) is 53.2 Å². The first-order chi connectivity index (χ1) is 11.2. The number of anilines is 2. The van der Waals surface area contributed by atoms with Crippen molar-refractivity contribution in [2.45, 2.75) is 13.8 Å².